The lowest BCUT2D eigenvalue weighted by Gasteiger charge is -2.01. The van der Waals surface area contributed by atoms with Crippen LogP contribution in [0, 0.1) is 6.20 Å². The Hall–Kier alpha value is -2.09. The van der Waals surface area contributed by atoms with Gasteiger partial charge in [0.2, 0.25) is 0 Å². The molecule has 0 atom stereocenters. The van der Waals surface area contributed by atoms with Crippen molar-refractivity contribution in [3.05, 3.63) is 54.7 Å². The lowest BCUT2D eigenvalue weighted by atomic mass is 10.0. The van der Waals surface area contributed by atoms with Crippen LogP contribution in [0.25, 0.3) is 22.0 Å². The van der Waals surface area contributed by atoms with Crippen molar-refractivity contribution >= 4 is 10.9 Å². The topological polar surface area (TPSA) is 28.7 Å². The maximum absolute atomic E-state index is 3.94. The maximum Gasteiger partial charge on any atom is 0.121 e. The van der Waals surface area contributed by atoms with Crippen molar-refractivity contribution in [3.8, 4) is 11.1 Å². The largest absolute Gasteiger partial charge is 0.277 e. The molecule has 0 bridgehead atoms. The van der Waals surface area contributed by atoms with Crippen LogP contribution in [0.1, 0.15) is 0 Å². The maximum atomic E-state index is 3.94. The number of benzene rings is 2. The summed E-state index contributed by atoms with van der Waals surface area (Å²) in [4.78, 5) is 0. The van der Waals surface area contributed by atoms with Crippen molar-refractivity contribution in [2.45, 2.75) is 0 Å². The van der Waals surface area contributed by atoms with Crippen LogP contribution in [-0.4, -0.2) is 10.2 Å². The van der Waals surface area contributed by atoms with E-state index < -0.39 is 0 Å². The second-order valence-corrected chi connectivity index (χ2v) is 3.43. The summed E-state index contributed by atoms with van der Waals surface area (Å²) in [5.74, 6) is 0. The highest BCUT2D eigenvalue weighted by Gasteiger charge is 2.03. The fourth-order valence-electron chi connectivity index (χ4n) is 1.77. The van der Waals surface area contributed by atoms with E-state index in [0.29, 0.717) is 0 Å². The van der Waals surface area contributed by atoms with Crippen LogP contribution in [0.15, 0.2) is 48.5 Å². The number of aromatic amines is 1. The van der Waals surface area contributed by atoms with Crippen molar-refractivity contribution in [1.29, 1.82) is 0 Å². The highest BCUT2D eigenvalue weighted by atomic mass is 15.1. The molecule has 0 aliphatic rings. The molecule has 0 saturated carbocycles. The van der Waals surface area contributed by atoms with Crippen molar-refractivity contribution in [2.75, 3.05) is 0 Å². The molecule has 0 spiro atoms. The lowest BCUT2D eigenvalue weighted by molar-refractivity contribution is 1.11. The number of fused-ring (bicyclic) bond motifs is 1. The third-order valence-electron chi connectivity index (χ3n) is 2.49. The highest BCUT2D eigenvalue weighted by Crippen LogP contribution is 2.26. The Morgan fingerprint density at radius 2 is 1.80 bits per heavy atom. The number of rotatable bonds is 1. The van der Waals surface area contributed by atoms with Gasteiger partial charge in [0.15, 0.2) is 0 Å². The van der Waals surface area contributed by atoms with E-state index in [2.05, 4.69) is 34.6 Å². The molecule has 0 aliphatic carbocycles. The molecule has 0 unspecified atom stereocenters. The molecule has 1 radical (unpaired) electrons. The average Bonchev–Trinajstić information content (AvgIpc) is 2.78. The van der Waals surface area contributed by atoms with Gasteiger partial charge in [-0.25, -0.2) is 0 Å². The zero-order valence-electron chi connectivity index (χ0n) is 8.07. The van der Waals surface area contributed by atoms with Gasteiger partial charge in [-0.3, -0.25) is 5.10 Å². The molecule has 2 heteroatoms. The van der Waals surface area contributed by atoms with E-state index in [-0.39, 0.29) is 0 Å². The van der Waals surface area contributed by atoms with Crippen LogP contribution in [0.4, 0.5) is 0 Å². The molecule has 71 valence electrons. The third kappa shape index (κ3) is 1.31. The van der Waals surface area contributed by atoms with Crippen LogP contribution in [-0.2, 0) is 0 Å². The van der Waals surface area contributed by atoms with Gasteiger partial charge in [0, 0.05) is 5.39 Å². The van der Waals surface area contributed by atoms with E-state index in [1.54, 1.807) is 0 Å². The summed E-state index contributed by atoms with van der Waals surface area (Å²) in [6.45, 7) is 0. The Morgan fingerprint density at radius 3 is 2.67 bits per heavy atom. The number of aromatic nitrogens is 2. The van der Waals surface area contributed by atoms with E-state index in [1.165, 1.54) is 11.1 Å². The second kappa shape index (κ2) is 3.24. The summed E-state index contributed by atoms with van der Waals surface area (Å²) < 4.78 is 0. The predicted octanol–water partition coefficient (Wildman–Crippen LogP) is 3.03. The molecular weight excluding hydrogens is 184 g/mol. The van der Waals surface area contributed by atoms with Gasteiger partial charge < -0.3 is 0 Å². The van der Waals surface area contributed by atoms with Gasteiger partial charge in [0.25, 0.3) is 0 Å². The molecular formula is C13H9N2. The first-order valence-corrected chi connectivity index (χ1v) is 4.85. The summed E-state index contributed by atoms with van der Waals surface area (Å²) in [7, 11) is 0. The lowest BCUT2D eigenvalue weighted by Crippen LogP contribution is -1.77. The van der Waals surface area contributed by atoms with Crippen LogP contribution >= 0.6 is 0 Å². The summed E-state index contributed by atoms with van der Waals surface area (Å²) in [6.07, 6.45) is 2.98. The molecule has 2 nitrogen and oxygen atoms in total. The molecule has 3 rings (SSSR count). The van der Waals surface area contributed by atoms with Crippen LogP contribution < -0.4 is 0 Å². The summed E-state index contributed by atoms with van der Waals surface area (Å²) in [6, 6.07) is 16.4. The standard InChI is InChI=1S/C13H9N2/c1-2-5-10(6-3-1)11-7-4-8-13-12(11)9-14-15-13/h1-8H,(H,14,15). The molecule has 1 N–H and O–H groups in total. The van der Waals surface area contributed by atoms with E-state index in [9.17, 15) is 0 Å². The van der Waals surface area contributed by atoms with Crippen molar-refractivity contribution in [1.82, 2.24) is 10.2 Å². The molecule has 0 fully saturated rings. The second-order valence-electron chi connectivity index (χ2n) is 3.43. The third-order valence-corrected chi connectivity index (χ3v) is 2.49. The van der Waals surface area contributed by atoms with Crippen LogP contribution in [0.3, 0.4) is 0 Å². The SMILES string of the molecule is [c]1n[nH]c2cccc(-c3ccccc3)c12. The Bertz CT molecular complexity index is 582. The highest BCUT2D eigenvalue weighted by molar-refractivity contribution is 5.93. The molecule has 1 heterocycles. The van der Waals surface area contributed by atoms with E-state index in [0.717, 1.165) is 10.9 Å². The zero-order chi connectivity index (χ0) is 10.1. The van der Waals surface area contributed by atoms with E-state index >= 15 is 0 Å². The van der Waals surface area contributed by atoms with Crippen molar-refractivity contribution in [2.24, 2.45) is 0 Å². The number of nitrogens with one attached hydrogen (secondary N) is 1. The van der Waals surface area contributed by atoms with Crippen LogP contribution in [0.5, 0.6) is 0 Å². The Labute approximate surface area is 87.6 Å². The molecule has 1 aromatic heterocycles. The smallest absolute Gasteiger partial charge is 0.121 e. The summed E-state index contributed by atoms with van der Waals surface area (Å²) in [5.41, 5.74) is 3.39. The monoisotopic (exact) mass is 193 g/mol. The molecule has 0 amide bonds. The van der Waals surface area contributed by atoms with E-state index in [1.807, 2.05) is 30.3 Å². The molecule has 0 saturated heterocycles. The normalized spacial score (nSPS) is 10.7. The first-order chi connectivity index (χ1) is 7.45. The average molecular weight is 193 g/mol. The quantitative estimate of drug-likeness (QED) is 0.632. The number of hydrogen-bond acceptors (Lipinski definition) is 1. The van der Waals surface area contributed by atoms with Gasteiger partial charge in [0.05, 0.1) is 5.52 Å². The minimum atomic E-state index is 1.02. The fourth-order valence-corrected chi connectivity index (χ4v) is 1.77. The summed E-state index contributed by atoms with van der Waals surface area (Å²) >= 11 is 0. The molecule has 2 aromatic carbocycles. The minimum Gasteiger partial charge on any atom is -0.277 e. The first kappa shape index (κ1) is 8.24. The predicted molar refractivity (Wildman–Crippen MR) is 60.4 cm³/mol. The van der Waals surface area contributed by atoms with Gasteiger partial charge in [-0.15, -0.1) is 0 Å². The van der Waals surface area contributed by atoms with Gasteiger partial charge in [-0.2, -0.15) is 5.10 Å². The molecule has 3 aromatic rings. The van der Waals surface area contributed by atoms with Crippen LogP contribution in [0.2, 0.25) is 0 Å². The van der Waals surface area contributed by atoms with Crippen molar-refractivity contribution in [3.63, 3.8) is 0 Å². The van der Waals surface area contributed by atoms with E-state index in [4.69, 9.17) is 0 Å². The minimum absolute atomic E-state index is 1.02. The number of nitrogens with zero attached hydrogens (tertiary/aromatic N) is 1. The van der Waals surface area contributed by atoms with Gasteiger partial charge in [0.1, 0.15) is 6.20 Å². The first-order valence-electron chi connectivity index (χ1n) is 4.85. The Kier molecular flexibility index (Phi) is 1.78. The van der Waals surface area contributed by atoms with Gasteiger partial charge in [-0.05, 0) is 17.2 Å². The molecule has 0 aliphatic heterocycles. The fraction of sp³-hybridized carbons (Fsp3) is 0. The molecule has 15 heavy (non-hydrogen) atoms. The Morgan fingerprint density at radius 1 is 0.933 bits per heavy atom. The number of hydrogen-bond donors (Lipinski definition) is 1. The zero-order valence-corrected chi connectivity index (χ0v) is 8.07. The Balaban J connectivity index is 2.31. The summed E-state index contributed by atoms with van der Waals surface area (Å²) in [5, 5.41) is 7.91. The van der Waals surface area contributed by atoms with Crippen molar-refractivity contribution < 1.29 is 0 Å². The number of H-pyrrole nitrogens is 1. The van der Waals surface area contributed by atoms with Gasteiger partial charge in [-0.1, -0.05) is 42.5 Å². The van der Waals surface area contributed by atoms with Gasteiger partial charge >= 0.3 is 0 Å².